The molecule has 0 spiro atoms. The predicted octanol–water partition coefficient (Wildman–Crippen LogP) is 1.08. The lowest BCUT2D eigenvalue weighted by atomic mass is 10.1. The zero-order valence-electron chi connectivity index (χ0n) is 12.5. The number of carbonyl (C=O) groups excluding carboxylic acids is 2. The number of anilines is 1. The van der Waals surface area contributed by atoms with Gasteiger partial charge in [0.25, 0.3) is 0 Å². The molecule has 1 aromatic carbocycles. The van der Waals surface area contributed by atoms with E-state index in [1.807, 2.05) is 18.2 Å². The molecule has 118 valence electrons. The van der Waals surface area contributed by atoms with Crippen molar-refractivity contribution in [1.82, 2.24) is 10.2 Å². The lowest BCUT2D eigenvalue weighted by molar-refractivity contribution is -0.121. The van der Waals surface area contributed by atoms with E-state index in [1.54, 1.807) is 0 Å². The van der Waals surface area contributed by atoms with Crippen molar-refractivity contribution in [2.75, 3.05) is 44.2 Å². The molecule has 1 atom stereocenters. The minimum absolute atomic E-state index is 0.0912. The van der Waals surface area contributed by atoms with Crippen LogP contribution in [0.2, 0.25) is 0 Å². The van der Waals surface area contributed by atoms with Crippen molar-refractivity contribution in [3.05, 3.63) is 30.3 Å². The Morgan fingerprint density at radius 3 is 2.82 bits per heavy atom. The van der Waals surface area contributed by atoms with Crippen LogP contribution in [0.4, 0.5) is 10.5 Å². The number of hydrogen-bond donors (Lipinski definition) is 1. The summed E-state index contributed by atoms with van der Waals surface area (Å²) in [6.07, 6.45) is 0.673. The quantitative estimate of drug-likeness (QED) is 0.884. The summed E-state index contributed by atoms with van der Waals surface area (Å²) in [5, 5.41) is 2.93. The van der Waals surface area contributed by atoms with Crippen LogP contribution in [-0.2, 0) is 9.53 Å². The molecule has 0 radical (unpaired) electrons. The smallest absolute Gasteiger partial charge is 0.410 e. The lowest BCUT2D eigenvalue weighted by Gasteiger charge is -2.19. The van der Waals surface area contributed by atoms with Crippen LogP contribution in [0.5, 0.6) is 0 Å². The highest BCUT2D eigenvalue weighted by Crippen LogP contribution is 2.22. The molecule has 1 unspecified atom stereocenters. The predicted molar refractivity (Wildman–Crippen MR) is 82.7 cm³/mol. The molecule has 3 rings (SSSR count). The van der Waals surface area contributed by atoms with Gasteiger partial charge >= 0.3 is 6.09 Å². The monoisotopic (exact) mass is 303 g/mol. The Labute approximate surface area is 130 Å². The molecule has 1 N–H and O–H groups in total. The zero-order valence-corrected chi connectivity index (χ0v) is 12.5. The van der Waals surface area contributed by atoms with Crippen molar-refractivity contribution in [2.45, 2.75) is 6.42 Å². The molecule has 1 aromatic rings. The third-order valence-electron chi connectivity index (χ3n) is 4.17. The molecule has 2 fully saturated rings. The minimum Gasteiger partial charge on any atom is -0.448 e. The maximum atomic E-state index is 11.9. The molecular weight excluding hydrogens is 282 g/mol. The van der Waals surface area contributed by atoms with Gasteiger partial charge in [-0.05, 0) is 24.5 Å². The number of cyclic esters (lactones) is 1. The van der Waals surface area contributed by atoms with Gasteiger partial charge < -0.3 is 15.0 Å². The largest absolute Gasteiger partial charge is 0.448 e. The van der Waals surface area contributed by atoms with E-state index in [9.17, 15) is 9.59 Å². The summed E-state index contributed by atoms with van der Waals surface area (Å²) in [6, 6.07) is 10.3. The van der Waals surface area contributed by atoms with Crippen LogP contribution in [0.3, 0.4) is 0 Å². The first-order valence-electron chi connectivity index (χ1n) is 7.71. The van der Waals surface area contributed by atoms with Crippen molar-refractivity contribution >= 4 is 17.7 Å². The van der Waals surface area contributed by atoms with Crippen molar-refractivity contribution in [3.63, 3.8) is 0 Å². The number of carbonyl (C=O) groups is 2. The highest BCUT2D eigenvalue weighted by Gasteiger charge is 2.26. The highest BCUT2D eigenvalue weighted by atomic mass is 16.6. The second kappa shape index (κ2) is 6.68. The average molecular weight is 303 g/mol. The van der Waals surface area contributed by atoms with Crippen LogP contribution in [0.15, 0.2) is 30.3 Å². The van der Waals surface area contributed by atoms with Crippen LogP contribution in [0.25, 0.3) is 0 Å². The maximum Gasteiger partial charge on any atom is 0.410 e. The number of rotatable bonds is 5. The van der Waals surface area contributed by atoms with Gasteiger partial charge in [0.05, 0.1) is 6.54 Å². The first-order valence-corrected chi connectivity index (χ1v) is 7.71. The Morgan fingerprint density at radius 2 is 2.09 bits per heavy atom. The number of nitrogens with zero attached hydrogens (tertiary/aromatic N) is 2. The summed E-state index contributed by atoms with van der Waals surface area (Å²) >= 11 is 0. The van der Waals surface area contributed by atoms with Crippen LogP contribution in [0, 0.1) is 5.92 Å². The summed E-state index contributed by atoms with van der Waals surface area (Å²) in [5.74, 6) is 0.340. The molecule has 22 heavy (non-hydrogen) atoms. The molecule has 0 aliphatic carbocycles. The fourth-order valence-corrected chi connectivity index (χ4v) is 2.93. The van der Waals surface area contributed by atoms with E-state index in [0.29, 0.717) is 25.6 Å². The molecule has 2 amide bonds. The van der Waals surface area contributed by atoms with Gasteiger partial charge in [0.15, 0.2) is 0 Å². The Hall–Kier alpha value is -2.24. The van der Waals surface area contributed by atoms with E-state index >= 15 is 0 Å². The van der Waals surface area contributed by atoms with Gasteiger partial charge in [-0.1, -0.05) is 18.2 Å². The number of ether oxygens (including phenoxy) is 1. The Bertz CT molecular complexity index is 535. The highest BCUT2D eigenvalue weighted by molar-refractivity contribution is 5.82. The summed E-state index contributed by atoms with van der Waals surface area (Å²) in [4.78, 5) is 26.9. The van der Waals surface area contributed by atoms with Gasteiger partial charge in [-0.25, -0.2) is 4.79 Å². The molecule has 6 heteroatoms. The lowest BCUT2D eigenvalue weighted by Crippen LogP contribution is -2.39. The van der Waals surface area contributed by atoms with Crippen LogP contribution in [0.1, 0.15) is 6.42 Å². The number of para-hydroxylation sites is 1. The molecule has 2 aliphatic rings. The fourth-order valence-electron chi connectivity index (χ4n) is 2.93. The maximum absolute atomic E-state index is 11.9. The Balaban J connectivity index is 1.41. The Kier molecular flexibility index (Phi) is 4.46. The topological polar surface area (TPSA) is 61.9 Å². The SMILES string of the molecule is O=C(CN1CCOC1=O)NCC1CCN(c2ccccc2)C1. The molecule has 2 aliphatic heterocycles. The van der Waals surface area contributed by atoms with E-state index in [2.05, 4.69) is 22.3 Å². The van der Waals surface area contributed by atoms with Gasteiger partial charge in [-0.15, -0.1) is 0 Å². The molecular formula is C16H21N3O3. The zero-order chi connectivity index (χ0) is 15.4. The second-order valence-corrected chi connectivity index (χ2v) is 5.78. The van der Waals surface area contributed by atoms with Crippen LogP contribution >= 0.6 is 0 Å². The number of amides is 2. The fraction of sp³-hybridized carbons (Fsp3) is 0.500. The first-order chi connectivity index (χ1) is 10.7. The summed E-state index contributed by atoms with van der Waals surface area (Å²) < 4.78 is 4.81. The van der Waals surface area contributed by atoms with Gasteiger partial charge in [0, 0.05) is 25.3 Å². The van der Waals surface area contributed by atoms with E-state index in [-0.39, 0.29) is 12.5 Å². The van der Waals surface area contributed by atoms with Crippen molar-refractivity contribution in [3.8, 4) is 0 Å². The minimum atomic E-state index is -0.397. The van der Waals surface area contributed by atoms with Gasteiger partial charge in [-0.3, -0.25) is 9.69 Å². The molecule has 6 nitrogen and oxygen atoms in total. The van der Waals surface area contributed by atoms with Crippen molar-refractivity contribution < 1.29 is 14.3 Å². The summed E-state index contributed by atoms with van der Waals surface area (Å²) in [5.41, 5.74) is 1.23. The summed E-state index contributed by atoms with van der Waals surface area (Å²) in [7, 11) is 0. The van der Waals surface area contributed by atoms with Gasteiger partial charge in [0.1, 0.15) is 13.2 Å². The Morgan fingerprint density at radius 1 is 1.27 bits per heavy atom. The van der Waals surface area contributed by atoms with E-state index in [4.69, 9.17) is 4.74 Å². The van der Waals surface area contributed by atoms with Crippen molar-refractivity contribution in [1.29, 1.82) is 0 Å². The standard InChI is InChI=1S/C16H21N3O3/c20-15(12-19-8-9-22-16(19)21)17-10-13-6-7-18(11-13)14-4-2-1-3-5-14/h1-5,13H,6-12H2,(H,17,20). The molecule has 0 aromatic heterocycles. The molecule has 0 saturated carbocycles. The third kappa shape index (κ3) is 3.50. The number of nitrogens with one attached hydrogen (secondary N) is 1. The normalized spacial score (nSPS) is 21.1. The number of benzene rings is 1. The van der Waals surface area contributed by atoms with Crippen LogP contribution in [-0.4, -0.2) is 56.2 Å². The van der Waals surface area contributed by atoms with Gasteiger partial charge in [0.2, 0.25) is 5.91 Å². The molecule has 2 heterocycles. The third-order valence-corrected chi connectivity index (χ3v) is 4.17. The average Bonchev–Trinajstić information content (AvgIpc) is 3.16. The van der Waals surface area contributed by atoms with E-state index in [1.165, 1.54) is 10.6 Å². The van der Waals surface area contributed by atoms with E-state index < -0.39 is 6.09 Å². The molecule has 0 bridgehead atoms. The number of hydrogen-bond acceptors (Lipinski definition) is 4. The second-order valence-electron chi connectivity index (χ2n) is 5.78. The van der Waals surface area contributed by atoms with E-state index in [0.717, 1.165) is 19.5 Å². The molecule has 2 saturated heterocycles. The summed E-state index contributed by atoms with van der Waals surface area (Å²) in [6.45, 7) is 3.59. The van der Waals surface area contributed by atoms with Gasteiger partial charge in [-0.2, -0.15) is 0 Å². The van der Waals surface area contributed by atoms with Crippen LogP contribution < -0.4 is 10.2 Å². The van der Waals surface area contributed by atoms with Crippen molar-refractivity contribution in [2.24, 2.45) is 5.92 Å². The first kappa shape index (κ1) is 14.7.